The van der Waals surface area contributed by atoms with Crippen LogP contribution in [-0.2, 0) is 14.4 Å². The van der Waals surface area contributed by atoms with Crippen molar-refractivity contribution in [1.82, 2.24) is 4.90 Å². The van der Waals surface area contributed by atoms with Crippen LogP contribution >= 0.6 is 27.7 Å². The summed E-state index contributed by atoms with van der Waals surface area (Å²) in [6, 6.07) is 13.7. The molecule has 154 valence electrons. The van der Waals surface area contributed by atoms with Crippen molar-refractivity contribution in [3.05, 3.63) is 63.5 Å². The molecular formula is C20H16BrN3O5S. The number of halogens is 1. The van der Waals surface area contributed by atoms with E-state index in [1.807, 2.05) is 0 Å². The highest BCUT2D eigenvalue weighted by Gasteiger charge is 2.36. The van der Waals surface area contributed by atoms with Crippen LogP contribution in [0.15, 0.2) is 57.9 Å². The molecule has 0 spiro atoms. The number of carbonyl (C=O) groups excluding carboxylic acids is 4. The predicted molar refractivity (Wildman–Crippen MR) is 117 cm³/mol. The van der Waals surface area contributed by atoms with Gasteiger partial charge in [0.25, 0.3) is 17.1 Å². The van der Waals surface area contributed by atoms with Gasteiger partial charge in [-0.25, -0.2) is 0 Å². The Hall–Kier alpha value is -3.11. The highest BCUT2D eigenvalue weighted by Crippen LogP contribution is 2.34. The van der Waals surface area contributed by atoms with Crippen molar-refractivity contribution >= 4 is 62.4 Å². The van der Waals surface area contributed by atoms with Gasteiger partial charge in [0.1, 0.15) is 12.3 Å². The Morgan fingerprint density at radius 3 is 2.60 bits per heavy atom. The molecule has 1 aliphatic rings. The number of primary amides is 1. The van der Waals surface area contributed by atoms with Crippen molar-refractivity contribution in [2.24, 2.45) is 5.73 Å². The van der Waals surface area contributed by atoms with E-state index in [1.165, 1.54) is 6.08 Å². The number of nitrogens with zero attached hydrogens (tertiary/aromatic N) is 1. The van der Waals surface area contributed by atoms with Crippen molar-refractivity contribution in [3.63, 3.8) is 0 Å². The molecule has 2 aromatic rings. The Kier molecular flexibility index (Phi) is 6.91. The van der Waals surface area contributed by atoms with E-state index in [1.54, 1.807) is 48.5 Å². The monoisotopic (exact) mass is 489 g/mol. The van der Waals surface area contributed by atoms with Gasteiger partial charge in [-0.15, -0.1) is 0 Å². The third kappa shape index (κ3) is 5.49. The van der Waals surface area contributed by atoms with E-state index in [9.17, 15) is 19.2 Å². The Balaban J connectivity index is 1.75. The smallest absolute Gasteiger partial charge is 0.294 e. The largest absolute Gasteiger partial charge is 0.483 e. The third-order valence-corrected chi connectivity index (χ3v) is 5.26. The number of benzene rings is 2. The lowest BCUT2D eigenvalue weighted by Crippen LogP contribution is -2.36. The van der Waals surface area contributed by atoms with Crippen LogP contribution in [-0.4, -0.2) is 41.0 Å². The van der Waals surface area contributed by atoms with Crippen molar-refractivity contribution < 1.29 is 23.9 Å². The van der Waals surface area contributed by atoms with Gasteiger partial charge in [0.05, 0.1) is 4.91 Å². The van der Waals surface area contributed by atoms with Crippen LogP contribution in [0.1, 0.15) is 5.56 Å². The van der Waals surface area contributed by atoms with Gasteiger partial charge in [-0.1, -0.05) is 34.1 Å². The molecular weight excluding hydrogens is 474 g/mol. The first-order valence-corrected chi connectivity index (χ1v) is 10.3. The fraction of sp³-hybridized carbons (Fsp3) is 0.100. The standard InChI is InChI=1S/C20H16BrN3O5S/c21-13-6-7-15(29-11-17(22)25)12(8-13)9-16-19(27)24(20(28)30-16)10-18(26)23-14-4-2-1-3-5-14/h1-9H,10-11H2,(H2,22,25)(H,23,26)/b16-9-. The summed E-state index contributed by atoms with van der Waals surface area (Å²) in [7, 11) is 0. The molecule has 0 aromatic heterocycles. The number of rotatable bonds is 7. The Bertz CT molecular complexity index is 1040. The SMILES string of the molecule is NC(=O)COc1ccc(Br)cc1/C=C1\SC(=O)N(CC(=O)Nc2ccccc2)C1=O. The van der Waals surface area contributed by atoms with Crippen LogP contribution in [0.3, 0.4) is 0 Å². The number of anilines is 1. The van der Waals surface area contributed by atoms with Crippen LogP contribution in [0.2, 0.25) is 0 Å². The lowest BCUT2D eigenvalue weighted by molar-refractivity contribution is -0.127. The molecule has 30 heavy (non-hydrogen) atoms. The Labute approximate surface area is 184 Å². The van der Waals surface area contributed by atoms with E-state index < -0.39 is 29.5 Å². The lowest BCUT2D eigenvalue weighted by atomic mass is 10.2. The summed E-state index contributed by atoms with van der Waals surface area (Å²) in [5.74, 6) is -1.40. The molecule has 1 heterocycles. The van der Waals surface area contributed by atoms with Crippen molar-refractivity contribution in [2.45, 2.75) is 0 Å². The van der Waals surface area contributed by atoms with Crippen LogP contribution in [0.4, 0.5) is 10.5 Å². The molecule has 0 bridgehead atoms. The number of imide groups is 1. The van der Waals surface area contributed by atoms with Gasteiger partial charge in [0.15, 0.2) is 6.61 Å². The van der Waals surface area contributed by atoms with Gasteiger partial charge in [0.2, 0.25) is 5.91 Å². The van der Waals surface area contributed by atoms with Crippen molar-refractivity contribution in [3.8, 4) is 5.75 Å². The maximum absolute atomic E-state index is 12.7. The molecule has 0 atom stereocenters. The zero-order valence-corrected chi connectivity index (χ0v) is 17.9. The first-order chi connectivity index (χ1) is 14.3. The average Bonchev–Trinajstić information content (AvgIpc) is 2.95. The minimum absolute atomic E-state index is 0.134. The topological polar surface area (TPSA) is 119 Å². The zero-order valence-electron chi connectivity index (χ0n) is 15.5. The second-order valence-electron chi connectivity index (χ2n) is 6.12. The summed E-state index contributed by atoms with van der Waals surface area (Å²) in [5.41, 5.74) is 6.15. The highest BCUT2D eigenvalue weighted by atomic mass is 79.9. The minimum Gasteiger partial charge on any atom is -0.483 e. The van der Waals surface area contributed by atoms with E-state index in [0.29, 0.717) is 21.5 Å². The van der Waals surface area contributed by atoms with E-state index in [4.69, 9.17) is 10.5 Å². The summed E-state index contributed by atoms with van der Waals surface area (Å²) in [6.07, 6.45) is 1.47. The first kappa shape index (κ1) is 21.6. The number of thioether (sulfide) groups is 1. The van der Waals surface area contributed by atoms with Crippen LogP contribution < -0.4 is 15.8 Å². The molecule has 0 saturated carbocycles. The number of para-hydroxylation sites is 1. The molecule has 10 heteroatoms. The van der Waals surface area contributed by atoms with Gasteiger partial charge in [-0.3, -0.25) is 24.1 Å². The maximum Gasteiger partial charge on any atom is 0.294 e. The Morgan fingerprint density at radius 1 is 1.17 bits per heavy atom. The molecule has 8 nitrogen and oxygen atoms in total. The van der Waals surface area contributed by atoms with Gasteiger partial charge >= 0.3 is 0 Å². The van der Waals surface area contributed by atoms with Gasteiger partial charge in [-0.05, 0) is 48.2 Å². The molecule has 0 aliphatic carbocycles. The van der Waals surface area contributed by atoms with E-state index >= 15 is 0 Å². The number of ether oxygens (including phenoxy) is 1. The number of amides is 4. The van der Waals surface area contributed by atoms with E-state index in [-0.39, 0.29) is 11.5 Å². The number of nitrogens with two attached hydrogens (primary N) is 1. The predicted octanol–water partition coefficient (Wildman–Crippen LogP) is 2.99. The second kappa shape index (κ2) is 9.59. The van der Waals surface area contributed by atoms with Crippen molar-refractivity contribution in [2.75, 3.05) is 18.5 Å². The summed E-state index contributed by atoms with van der Waals surface area (Å²) >= 11 is 4.05. The Morgan fingerprint density at radius 2 is 1.90 bits per heavy atom. The van der Waals surface area contributed by atoms with E-state index in [0.717, 1.165) is 16.7 Å². The van der Waals surface area contributed by atoms with Crippen LogP contribution in [0.25, 0.3) is 6.08 Å². The molecule has 1 saturated heterocycles. The summed E-state index contributed by atoms with van der Waals surface area (Å²) < 4.78 is 6.07. The zero-order chi connectivity index (χ0) is 21.7. The molecule has 0 unspecified atom stereocenters. The van der Waals surface area contributed by atoms with Crippen LogP contribution in [0.5, 0.6) is 5.75 Å². The minimum atomic E-state index is -0.645. The summed E-state index contributed by atoms with van der Waals surface area (Å²) in [4.78, 5) is 49.2. The van der Waals surface area contributed by atoms with Gasteiger partial charge in [0, 0.05) is 15.7 Å². The molecule has 0 radical (unpaired) electrons. The highest BCUT2D eigenvalue weighted by molar-refractivity contribution is 9.10. The van der Waals surface area contributed by atoms with Crippen molar-refractivity contribution in [1.29, 1.82) is 0 Å². The molecule has 1 aliphatic heterocycles. The summed E-state index contributed by atoms with van der Waals surface area (Å²) in [5, 5.41) is 2.08. The fourth-order valence-corrected chi connectivity index (χ4v) is 3.76. The third-order valence-electron chi connectivity index (χ3n) is 3.86. The number of carbonyl (C=O) groups is 4. The molecule has 1 fully saturated rings. The lowest BCUT2D eigenvalue weighted by Gasteiger charge is -2.12. The summed E-state index contributed by atoms with van der Waals surface area (Å²) in [6.45, 7) is -0.732. The van der Waals surface area contributed by atoms with E-state index in [2.05, 4.69) is 21.2 Å². The molecule has 3 rings (SSSR count). The number of hydrogen-bond donors (Lipinski definition) is 2. The second-order valence-corrected chi connectivity index (χ2v) is 8.03. The number of hydrogen-bond acceptors (Lipinski definition) is 6. The first-order valence-electron chi connectivity index (χ1n) is 8.64. The normalized spacial score (nSPS) is 14.8. The number of nitrogens with one attached hydrogen (secondary N) is 1. The molecule has 4 amide bonds. The van der Waals surface area contributed by atoms with Gasteiger partial charge in [-0.2, -0.15) is 0 Å². The average molecular weight is 490 g/mol. The maximum atomic E-state index is 12.7. The fourth-order valence-electron chi connectivity index (χ4n) is 2.56. The molecule has 2 aromatic carbocycles. The quantitative estimate of drug-likeness (QED) is 0.577. The van der Waals surface area contributed by atoms with Gasteiger partial charge < -0.3 is 15.8 Å². The van der Waals surface area contributed by atoms with Crippen LogP contribution in [0, 0.1) is 0 Å². The molecule has 3 N–H and O–H groups in total.